The SMILES string of the molecule is CCCCN(C(=O)OC(C)(C)C)C(=O)[C@@H](N)CC(=O)O. The van der Waals surface area contributed by atoms with Gasteiger partial charge in [0.15, 0.2) is 0 Å². The molecule has 0 aromatic carbocycles. The van der Waals surface area contributed by atoms with E-state index in [0.717, 1.165) is 11.3 Å². The van der Waals surface area contributed by atoms with Gasteiger partial charge >= 0.3 is 12.1 Å². The number of rotatable bonds is 6. The van der Waals surface area contributed by atoms with Gasteiger partial charge in [0, 0.05) is 6.54 Å². The molecule has 7 nitrogen and oxygen atoms in total. The van der Waals surface area contributed by atoms with E-state index in [9.17, 15) is 14.4 Å². The van der Waals surface area contributed by atoms with Gasteiger partial charge in [-0.05, 0) is 27.2 Å². The predicted octanol–water partition coefficient (Wildman–Crippen LogP) is 1.35. The maximum atomic E-state index is 12.0. The molecule has 0 unspecified atom stereocenters. The van der Waals surface area contributed by atoms with Gasteiger partial charge < -0.3 is 15.6 Å². The molecule has 0 spiro atoms. The van der Waals surface area contributed by atoms with Crippen molar-refractivity contribution >= 4 is 18.0 Å². The lowest BCUT2D eigenvalue weighted by atomic mass is 10.2. The zero-order valence-electron chi connectivity index (χ0n) is 12.5. The fraction of sp³-hybridized carbons (Fsp3) is 0.769. The third-order valence-electron chi connectivity index (χ3n) is 2.33. The first-order chi connectivity index (χ1) is 9.08. The molecule has 0 aliphatic heterocycles. The lowest BCUT2D eigenvalue weighted by molar-refractivity contribution is -0.141. The Morgan fingerprint density at radius 2 is 1.85 bits per heavy atom. The van der Waals surface area contributed by atoms with Crippen molar-refractivity contribution in [1.29, 1.82) is 0 Å². The Hall–Kier alpha value is -1.63. The first-order valence-corrected chi connectivity index (χ1v) is 6.60. The maximum absolute atomic E-state index is 12.0. The summed E-state index contributed by atoms with van der Waals surface area (Å²) >= 11 is 0. The van der Waals surface area contributed by atoms with Gasteiger partial charge in [-0.2, -0.15) is 0 Å². The highest BCUT2D eigenvalue weighted by atomic mass is 16.6. The first-order valence-electron chi connectivity index (χ1n) is 6.60. The highest BCUT2D eigenvalue weighted by Gasteiger charge is 2.30. The molecular formula is C13H24N2O5. The number of nitrogens with zero attached hydrogens (tertiary/aromatic N) is 1. The van der Waals surface area contributed by atoms with Crippen LogP contribution in [-0.2, 0) is 14.3 Å². The van der Waals surface area contributed by atoms with E-state index in [1.165, 1.54) is 0 Å². The van der Waals surface area contributed by atoms with Crippen LogP contribution in [0.1, 0.15) is 47.0 Å². The smallest absolute Gasteiger partial charge is 0.417 e. The Morgan fingerprint density at radius 1 is 1.30 bits per heavy atom. The second kappa shape index (κ2) is 7.84. The van der Waals surface area contributed by atoms with Crippen LogP contribution in [-0.4, -0.2) is 46.2 Å². The summed E-state index contributed by atoms with van der Waals surface area (Å²) in [5.74, 6) is -1.92. The molecule has 1 atom stereocenters. The van der Waals surface area contributed by atoms with Gasteiger partial charge in [-0.25, -0.2) is 9.69 Å². The number of aliphatic carboxylic acids is 1. The molecule has 116 valence electrons. The summed E-state index contributed by atoms with van der Waals surface area (Å²) in [6, 6.07) is -1.25. The number of carbonyl (C=O) groups excluding carboxylic acids is 2. The van der Waals surface area contributed by atoms with Gasteiger partial charge in [-0.15, -0.1) is 0 Å². The van der Waals surface area contributed by atoms with Gasteiger partial charge in [0.05, 0.1) is 12.5 Å². The minimum Gasteiger partial charge on any atom is -0.481 e. The zero-order valence-corrected chi connectivity index (χ0v) is 12.5. The van der Waals surface area contributed by atoms with E-state index in [1.807, 2.05) is 6.92 Å². The van der Waals surface area contributed by atoms with E-state index in [2.05, 4.69) is 0 Å². The Morgan fingerprint density at radius 3 is 2.25 bits per heavy atom. The zero-order chi connectivity index (χ0) is 15.9. The van der Waals surface area contributed by atoms with Crippen LogP contribution in [0.3, 0.4) is 0 Å². The molecule has 0 aromatic heterocycles. The van der Waals surface area contributed by atoms with Gasteiger partial charge in [0.1, 0.15) is 5.60 Å². The molecule has 0 bridgehead atoms. The van der Waals surface area contributed by atoms with Gasteiger partial charge in [-0.1, -0.05) is 13.3 Å². The third-order valence-corrected chi connectivity index (χ3v) is 2.33. The predicted molar refractivity (Wildman–Crippen MR) is 73.1 cm³/mol. The van der Waals surface area contributed by atoms with Gasteiger partial charge in [0.25, 0.3) is 0 Å². The number of hydrogen-bond acceptors (Lipinski definition) is 5. The van der Waals surface area contributed by atoms with Crippen LogP contribution in [0.25, 0.3) is 0 Å². The van der Waals surface area contributed by atoms with Crippen molar-refractivity contribution in [3.63, 3.8) is 0 Å². The summed E-state index contributed by atoms with van der Waals surface area (Å²) in [6.45, 7) is 7.13. The fourth-order valence-corrected chi connectivity index (χ4v) is 1.40. The number of hydrogen-bond donors (Lipinski definition) is 2. The number of ether oxygens (including phenoxy) is 1. The Balaban J connectivity index is 4.90. The van der Waals surface area contributed by atoms with Crippen molar-refractivity contribution in [3.05, 3.63) is 0 Å². The standard InChI is InChI=1S/C13H24N2O5/c1-5-6-7-15(12(19)20-13(2,3)4)11(18)9(14)8-10(16)17/h9H,5-8,14H2,1-4H3,(H,16,17)/t9-/m0/s1. The molecule has 0 radical (unpaired) electrons. The normalized spacial score (nSPS) is 12.7. The Bertz CT molecular complexity index is 362. The van der Waals surface area contributed by atoms with Crippen molar-refractivity contribution in [1.82, 2.24) is 4.90 Å². The average Bonchev–Trinajstić information content (AvgIpc) is 2.25. The molecule has 0 fully saturated rings. The molecule has 0 aliphatic carbocycles. The van der Waals surface area contributed by atoms with Crippen LogP contribution in [0.2, 0.25) is 0 Å². The van der Waals surface area contributed by atoms with Crippen LogP contribution in [0.5, 0.6) is 0 Å². The molecule has 0 heterocycles. The summed E-state index contributed by atoms with van der Waals surface area (Å²) in [5, 5.41) is 8.65. The number of carbonyl (C=O) groups is 3. The van der Waals surface area contributed by atoms with E-state index < -0.39 is 36.0 Å². The fourth-order valence-electron chi connectivity index (χ4n) is 1.40. The van der Waals surface area contributed by atoms with E-state index in [-0.39, 0.29) is 6.54 Å². The number of imide groups is 1. The van der Waals surface area contributed by atoms with Crippen molar-refractivity contribution in [3.8, 4) is 0 Å². The number of carboxylic acid groups (broad SMARTS) is 1. The lowest BCUT2D eigenvalue weighted by Crippen LogP contribution is -2.49. The van der Waals surface area contributed by atoms with E-state index in [1.54, 1.807) is 20.8 Å². The monoisotopic (exact) mass is 288 g/mol. The number of carboxylic acids is 1. The first kappa shape index (κ1) is 18.4. The number of nitrogens with two attached hydrogens (primary N) is 1. The van der Waals surface area contributed by atoms with Crippen molar-refractivity contribution < 1.29 is 24.2 Å². The minimum absolute atomic E-state index is 0.164. The quantitative estimate of drug-likeness (QED) is 0.763. The average molecular weight is 288 g/mol. The highest BCUT2D eigenvalue weighted by molar-refractivity contribution is 5.96. The number of amides is 2. The second-order valence-electron chi connectivity index (χ2n) is 5.53. The second-order valence-corrected chi connectivity index (χ2v) is 5.53. The summed E-state index contributed by atoms with van der Waals surface area (Å²) in [5.41, 5.74) is 4.78. The molecule has 0 aliphatic rings. The maximum Gasteiger partial charge on any atom is 0.417 e. The van der Waals surface area contributed by atoms with E-state index in [4.69, 9.17) is 15.6 Å². The molecule has 0 saturated heterocycles. The van der Waals surface area contributed by atoms with Crippen LogP contribution < -0.4 is 5.73 Å². The molecule has 0 rings (SSSR count). The molecule has 0 aromatic rings. The van der Waals surface area contributed by atoms with Crippen molar-refractivity contribution in [2.75, 3.05) is 6.54 Å². The van der Waals surface area contributed by atoms with Crippen molar-refractivity contribution in [2.24, 2.45) is 5.73 Å². The van der Waals surface area contributed by atoms with Crippen LogP contribution in [0.4, 0.5) is 4.79 Å². The molecule has 3 N–H and O–H groups in total. The molecule has 2 amide bonds. The van der Waals surface area contributed by atoms with Gasteiger partial charge in [-0.3, -0.25) is 9.59 Å². The molecular weight excluding hydrogens is 264 g/mol. The summed E-state index contributed by atoms with van der Waals surface area (Å²) in [7, 11) is 0. The Kier molecular flexibility index (Phi) is 7.20. The van der Waals surface area contributed by atoms with Crippen molar-refractivity contribution in [2.45, 2.75) is 58.6 Å². The minimum atomic E-state index is -1.25. The van der Waals surface area contributed by atoms with Crippen LogP contribution in [0.15, 0.2) is 0 Å². The Labute approximate surface area is 119 Å². The summed E-state index contributed by atoms with van der Waals surface area (Å²) in [4.78, 5) is 35.5. The van der Waals surface area contributed by atoms with E-state index in [0.29, 0.717) is 6.42 Å². The summed E-state index contributed by atoms with van der Waals surface area (Å²) < 4.78 is 5.14. The summed E-state index contributed by atoms with van der Waals surface area (Å²) in [6.07, 6.45) is 0.0623. The number of unbranched alkanes of at least 4 members (excludes halogenated alkanes) is 1. The topological polar surface area (TPSA) is 110 Å². The third kappa shape index (κ3) is 7.08. The lowest BCUT2D eigenvalue weighted by Gasteiger charge is -2.27. The molecule has 7 heteroatoms. The highest BCUT2D eigenvalue weighted by Crippen LogP contribution is 2.12. The molecule has 20 heavy (non-hydrogen) atoms. The molecule has 0 saturated carbocycles. The largest absolute Gasteiger partial charge is 0.481 e. The van der Waals surface area contributed by atoms with E-state index >= 15 is 0 Å². The van der Waals surface area contributed by atoms with Gasteiger partial charge in [0.2, 0.25) is 5.91 Å². The van der Waals surface area contributed by atoms with Crippen LogP contribution in [0, 0.1) is 0 Å². The van der Waals surface area contributed by atoms with Crippen LogP contribution >= 0.6 is 0 Å².